The van der Waals surface area contributed by atoms with Gasteiger partial charge < -0.3 is 11.5 Å². The van der Waals surface area contributed by atoms with E-state index in [1.165, 1.54) is 23.3 Å². The largest absolute Gasteiger partial charge is 0.396 e. The van der Waals surface area contributed by atoms with Crippen molar-refractivity contribution in [3.05, 3.63) is 30.0 Å². The maximum Gasteiger partial charge on any atom is 0.271 e. The number of hydrogen-bond donors (Lipinski definition) is 2. The van der Waals surface area contributed by atoms with E-state index in [4.69, 9.17) is 16.7 Å². The van der Waals surface area contributed by atoms with Crippen LogP contribution in [0.15, 0.2) is 18.6 Å². The molecule has 1 amide bonds. The van der Waals surface area contributed by atoms with Gasteiger partial charge in [-0.2, -0.15) is 10.4 Å². The molecule has 0 saturated heterocycles. The van der Waals surface area contributed by atoms with Gasteiger partial charge in [0.05, 0.1) is 24.3 Å². The van der Waals surface area contributed by atoms with E-state index in [9.17, 15) is 4.79 Å². The van der Waals surface area contributed by atoms with Crippen LogP contribution in [-0.4, -0.2) is 25.7 Å². The van der Waals surface area contributed by atoms with Crippen molar-refractivity contribution in [2.75, 3.05) is 5.73 Å². The molecular weight excluding hydrogens is 222 g/mol. The van der Waals surface area contributed by atoms with Crippen molar-refractivity contribution >= 4 is 11.6 Å². The number of aromatic nitrogens is 4. The average molecular weight is 229 g/mol. The van der Waals surface area contributed by atoms with Crippen LogP contribution in [0.5, 0.6) is 0 Å². The van der Waals surface area contributed by atoms with Gasteiger partial charge in [0.25, 0.3) is 5.91 Å². The van der Waals surface area contributed by atoms with Crippen molar-refractivity contribution in [2.45, 2.75) is 0 Å². The second-order valence-electron chi connectivity index (χ2n) is 3.11. The molecule has 8 heteroatoms. The first kappa shape index (κ1) is 10.6. The van der Waals surface area contributed by atoms with Gasteiger partial charge in [-0.05, 0) is 0 Å². The highest BCUT2D eigenvalue weighted by Crippen LogP contribution is 2.11. The molecule has 2 rings (SSSR count). The summed E-state index contributed by atoms with van der Waals surface area (Å²) in [5.41, 5.74) is 10.9. The number of nitriles is 1. The molecule has 2 aromatic rings. The van der Waals surface area contributed by atoms with E-state index >= 15 is 0 Å². The Labute approximate surface area is 95.5 Å². The van der Waals surface area contributed by atoms with Gasteiger partial charge in [-0.1, -0.05) is 0 Å². The number of carbonyl (C=O) groups excluding carboxylic acids is 1. The second-order valence-corrected chi connectivity index (χ2v) is 3.11. The number of nitrogens with two attached hydrogens (primary N) is 2. The van der Waals surface area contributed by atoms with E-state index in [1.54, 1.807) is 0 Å². The van der Waals surface area contributed by atoms with Crippen LogP contribution in [0, 0.1) is 11.3 Å². The predicted molar refractivity (Wildman–Crippen MR) is 56.8 cm³/mol. The summed E-state index contributed by atoms with van der Waals surface area (Å²) in [4.78, 5) is 18.7. The zero-order valence-electron chi connectivity index (χ0n) is 8.53. The summed E-state index contributed by atoms with van der Waals surface area (Å²) in [5.74, 6) is -0.383. The standard InChI is InChI=1S/C9H7N7O/c10-1-5-2-14-7(3-13-5)16-4-6(11)8(15-16)9(12)17/h2-4H,11H2,(H2,12,17). The molecule has 0 aliphatic heterocycles. The third-order valence-corrected chi connectivity index (χ3v) is 1.96. The third-order valence-electron chi connectivity index (χ3n) is 1.96. The molecule has 8 nitrogen and oxygen atoms in total. The Balaban J connectivity index is 2.43. The van der Waals surface area contributed by atoms with Crippen LogP contribution in [0.1, 0.15) is 16.2 Å². The van der Waals surface area contributed by atoms with Crippen LogP contribution in [-0.2, 0) is 0 Å². The van der Waals surface area contributed by atoms with Crippen molar-refractivity contribution in [1.29, 1.82) is 5.26 Å². The Hall–Kier alpha value is -2.95. The Bertz CT molecular complexity index is 607. The minimum Gasteiger partial charge on any atom is -0.396 e. The topological polar surface area (TPSA) is 136 Å². The highest BCUT2D eigenvalue weighted by Gasteiger charge is 2.12. The molecular formula is C9H7N7O. The molecule has 0 unspecified atom stereocenters. The molecule has 0 aliphatic carbocycles. The third kappa shape index (κ3) is 1.89. The lowest BCUT2D eigenvalue weighted by Gasteiger charge is -1.97. The number of hydrogen-bond acceptors (Lipinski definition) is 6. The van der Waals surface area contributed by atoms with Gasteiger partial charge >= 0.3 is 0 Å². The molecule has 0 fully saturated rings. The molecule has 4 N–H and O–H groups in total. The van der Waals surface area contributed by atoms with Crippen LogP contribution in [0.4, 0.5) is 5.69 Å². The molecule has 17 heavy (non-hydrogen) atoms. The van der Waals surface area contributed by atoms with Gasteiger partial charge in [-0.25, -0.2) is 14.6 Å². The van der Waals surface area contributed by atoms with Gasteiger partial charge in [-0.3, -0.25) is 4.79 Å². The normalized spacial score (nSPS) is 9.82. The molecule has 0 aliphatic rings. The molecule has 0 saturated carbocycles. The first-order chi connectivity index (χ1) is 8.11. The molecule has 0 aromatic carbocycles. The number of rotatable bonds is 2. The average Bonchev–Trinajstić information content (AvgIpc) is 2.71. The molecule has 2 heterocycles. The predicted octanol–water partition coefficient (Wildman–Crippen LogP) is -0.785. The molecule has 0 atom stereocenters. The van der Waals surface area contributed by atoms with Crippen LogP contribution < -0.4 is 11.5 Å². The van der Waals surface area contributed by atoms with Gasteiger partial charge in [0.1, 0.15) is 6.07 Å². The van der Waals surface area contributed by atoms with E-state index in [0.29, 0.717) is 5.82 Å². The number of nitrogen functional groups attached to an aromatic ring is 1. The van der Waals surface area contributed by atoms with Crippen molar-refractivity contribution in [3.8, 4) is 11.9 Å². The maximum absolute atomic E-state index is 11.0. The zero-order chi connectivity index (χ0) is 12.4. The lowest BCUT2D eigenvalue weighted by molar-refractivity contribution is 0.0996. The summed E-state index contributed by atoms with van der Waals surface area (Å²) in [7, 11) is 0. The lowest BCUT2D eigenvalue weighted by atomic mass is 10.4. The quantitative estimate of drug-likeness (QED) is 0.692. The lowest BCUT2D eigenvalue weighted by Crippen LogP contribution is -2.14. The summed E-state index contributed by atoms with van der Waals surface area (Å²) in [6.45, 7) is 0. The van der Waals surface area contributed by atoms with Crippen LogP contribution >= 0.6 is 0 Å². The minimum atomic E-state index is -0.720. The Kier molecular flexibility index (Phi) is 2.42. The van der Waals surface area contributed by atoms with Crippen LogP contribution in [0.3, 0.4) is 0 Å². The van der Waals surface area contributed by atoms with Gasteiger partial charge in [0.2, 0.25) is 0 Å². The van der Waals surface area contributed by atoms with Crippen molar-refractivity contribution in [1.82, 2.24) is 19.7 Å². The fourth-order valence-electron chi connectivity index (χ4n) is 1.19. The highest BCUT2D eigenvalue weighted by molar-refractivity contribution is 5.95. The smallest absolute Gasteiger partial charge is 0.271 e. The Morgan fingerprint density at radius 1 is 1.41 bits per heavy atom. The van der Waals surface area contributed by atoms with Crippen LogP contribution in [0.25, 0.3) is 5.82 Å². The first-order valence-corrected chi connectivity index (χ1v) is 4.49. The number of nitrogens with zero attached hydrogens (tertiary/aromatic N) is 5. The number of amides is 1. The second kappa shape index (κ2) is 3.90. The molecule has 0 spiro atoms. The van der Waals surface area contributed by atoms with E-state index in [0.717, 1.165) is 0 Å². The molecule has 0 radical (unpaired) electrons. The summed E-state index contributed by atoms with van der Waals surface area (Å²) in [6.07, 6.45) is 4.03. The highest BCUT2D eigenvalue weighted by atomic mass is 16.1. The molecule has 84 valence electrons. The van der Waals surface area contributed by atoms with E-state index < -0.39 is 5.91 Å². The van der Waals surface area contributed by atoms with Crippen molar-refractivity contribution in [3.63, 3.8) is 0 Å². The fraction of sp³-hybridized carbons (Fsp3) is 0. The summed E-state index contributed by atoms with van der Waals surface area (Å²) in [6, 6.07) is 1.84. The van der Waals surface area contributed by atoms with E-state index in [2.05, 4.69) is 15.1 Å². The fourth-order valence-corrected chi connectivity index (χ4v) is 1.19. The molecule has 0 bridgehead atoms. The maximum atomic E-state index is 11.0. The summed E-state index contributed by atoms with van der Waals surface area (Å²) >= 11 is 0. The number of carbonyl (C=O) groups is 1. The zero-order valence-corrected chi connectivity index (χ0v) is 8.53. The van der Waals surface area contributed by atoms with Gasteiger partial charge in [0, 0.05) is 0 Å². The van der Waals surface area contributed by atoms with Crippen LogP contribution in [0.2, 0.25) is 0 Å². The van der Waals surface area contributed by atoms with Gasteiger partial charge in [-0.15, -0.1) is 0 Å². The SMILES string of the molecule is N#Cc1cnc(-n2cc(N)c(C(N)=O)n2)cn1. The van der Waals surface area contributed by atoms with E-state index in [1.807, 2.05) is 6.07 Å². The molecule has 2 aromatic heterocycles. The minimum absolute atomic E-state index is 0.0313. The number of primary amides is 1. The van der Waals surface area contributed by atoms with Crippen molar-refractivity contribution < 1.29 is 4.79 Å². The summed E-state index contributed by atoms with van der Waals surface area (Å²) in [5, 5.41) is 12.4. The Morgan fingerprint density at radius 2 is 2.18 bits per heavy atom. The summed E-state index contributed by atoms with van der Waals surface area (Å²) < 4.78 is 1.27. The monoisotopic (exact) mass is 229 g/mol. The van der Waals surface area contributed by atoms with Crippen molar-refractivity contribution in [2.24, 2.45) is 5.73 Å². The van der Waals surface area contributed by atoms with Gasteiger partial charge in [0.15, 0.2) is 17.2 Å². The Morgan fingerprint density at radius 3 is 2.65 bits per heavy atom. The number of anilines is 1. The first-order valence-electron chi connectivity index (χ1n) is 4.49. The van der Waals surface area contributed by atoms with E-state index in [-0.39, 0.29) is 17.1 Å².